The van der Waals surface area contributed by atoms with E-state index in [9.17, 15) is 16.8 Å². The Labute approximate surface area is 176 Å². The van der Waals surface area contributed by atoms with Gasteiger partial charge in [-0.05, 0) is 38.1 Å². The maximum absolute atomic E-state index is 12.6. The van der Waals surface area contributed by atoms with Gasteiger partial charge in [-0.15, -0.1) is 0 Å². The van der Waals surface area contributed by atoms with Crippen molar-refractivity contribution in [1.29, 1.82) is 0 Å². The standard InChI is InChI=1S/C20H22O8S2/c1-13-3-7-15(8-4-13)29(21,22)27-17-11-25-20-18(12-26-19(17)20)28-30(23,24)16-9-5-14(2)6-10-16/h3-10,17-20H,11-12H2,1-2H3/t17-,18+,19-,20+. The molecule has 0 N–H and O–H groups in total. The van der Waals surface area contributed by atoms with Crippen molar-refractivity contribution < 1.29 is 34.7 Å². The number of aryl methyl sites for hydroxylation is 2. The predicted octanol–water partition coefficient (Wildman–Crippen LogP) is 1.95. The number of hydrogen-bond acceptors (Lipinski definition) is 8. The van der Waals surface area contributed by atoms with Crippen molar-refractivity contribution in [2.24, 2.45) is 0 Å². The van der Waals surface area contributed by atoms with Crippen LogP contribution in [-0.2, 0) is 38.1 Å². The molecule has 2 aromatic rings. The molecule has 2 heterocycles. The molecule has 4 rings (SSSR count). The molecule has 0 aliphatic carbocycles. The Morgan fingerprint density at radius 3 is 1.33 bits per heavy atom. The minimum atomic E-state index is -4.02. The lowest BCUT2D eigenvalue weighted by Crippen LogP contribution is -2.36. The second-order valence-corrected chi connectivity index (χ2v) is 10.5. The summed E-state index contributed by atoms with van der Waals surface area (Å²) in [5.74, 6) is 0. The van der Waals surface area contributed by atoms with E-state index in [0.717, 1.165) is 11.1 Å². The molecule has 0 radical (unpaired) electrons. The van der Waals surface area contributed by atoms with Gasteiger partial charge in [0.05, 0.1) is 23.0 Å². The molecule has 0 bridgehead atoms. The van der Waals surface area contributed by atoms with Gasteiger partial charge in [-0.2, -0.15) is 16.8 Å². The summed E-state index contributed by atoms with van der Waals surface area (Å²) in [6, 6.07) is 12.6. The Morgan fingerprint density at radius 2 is 1.00 bits per heavy atom. The second kappa shape index (κ2) is 8.03. The van der Waals surface area contributed by atoms with E-state index < -0.39 is 44.7 Å². The molecule has 2 aromatic carbocycles. The number of rotatable bonds is 6. The van der Waals surface area contributed by atoms with Crippen LogP contribution in [0.1, 0.15) is 11.1 Å². The highest BCUT2D eigenvalue weighted by molar-refractivity contribution is 7.87. The number of fused-ring (bicyclic) bond motifs is 1. The highest BCUT2D eigenvalue weighted by atomic mass is 32.2. The summed E-state index contributed by atoms with van der Waals surface area (Å²) < 4.78 is 72.1. The zero-order valence-electron chi connectivity index (χ0n) is 16.4. The van der Waals surface area contributed by atoms with Crippen LogP contribution in [0.5, 0.6) is 0 Å². The molecular formula is C20H22O8S2. The Kier molecular flexibility index (Phi) is 5.73. The summed E-state index contributed by atoms with van der Waals surface area (Å²) in [6.45, 7) is 3.60. The molecule has 2 aliphatic rings. The maximum Gasteiger partial charge on any atom is 0.297 e. The normalized spacial score (nSPS) is 26.6. The third-order valence-electron chi connectivity index (χ3n) is 5.08. The van der Waals surface area contributed by atoms with Crippen molar-refractivity contribution in [2.75, 3.05) is 13.2 Å². The molecule has 4 atom stereocenters. The van der Waals surface area contributed by atoms with Crippen LogP contribution in [-0.4, -0.2) is 54.5 Å². The first-order valence-corrected chi connectivity index (χ1v) is 12.2. The van der Waals surface area contributed by atoms with E-state index in [4.69, 9.17) is 17.8 Å². The molecule has 10 heteroatoms. The lowest BCUT2D eigenvalue weighted by atomic mass is 10.1. The van der Waals surface area contributed by atoms with Crippen LogP contribution in [0.15, 0.2) is 58.3 Å². The smallest absolute Gasteiger partial charge is 0.297 e. The molecule has 2 saturated heterocycles. The first-order valence-electron chi connectivity index (χ1n) is 9.39. The Morgan fingerprint density at radius 1 is 0.667 bits per heavy atom. The van der Waals surface area contributed by atoms with E-state index in [2.05, 4.69) is 0 Å². The average Bonchev–Trinajstić information content (AvgIpc) is 3.26. The third-order valence-corrected chi connectivity index (χ3v) is 7.78. The molecule has 0 amide bonds. The van der Waals surface area contributed by atoms with E-state index >= 15 is 0 Å². The van der Waals surface area contributed by atoms with Crippen LogP contribution in [0.2, 0.25) is 0 Å². The number of benzene rings is 2. The molecule has 0 spiro atoms. The molecule has 8 nitrogen and oxygen atoms in total. The Bertz CT molecular complexity index is 1020. The van der Waals surface area contributed by atoms with Crippen LogP contribution in [0, 0.1) is 13.8 Å². The molecule has 2 aliphatic heterocycles. The van der Waals surface area contributed by atoms with Crippen molar-refractivity contribution in [3.05, 3.63) is 59.7 Å². The van der Waals surface area contributed by atoms with Gasteiger partial charge in [0.2, 0.25) is 0 Å². The van der Waals surface area contributed by atoms with Gasteiger partial charge in [0, 0.05) is 0 Å². The van der Waals surface area contributed by atoms with Crippen molar-refractivity contribution in [1.82, 2.24) is 0 Å². The van der Waals surface area contributed by atoms with Gasteiger partial charge in [-0.3, -0.25) is 8.37 Å². The SMILES string of the molecule is Cc1ccc(S(=O)(=O)O[C@H]2CO[C@H]3[C@H]2OC[C@H]3OS(=O)(=O)c2ccc(C)cc2)cc1. The van der Waals surface area contributed by atoms with Gasteiger partial charge >= 0.3 is 0 Å². The first kappa shape index (κ1) is 21.4. The summed E-state index contributed by atoms with van der Waals surface area (Å²) in [5.41, 5.74) is 1.85. The van der Waals surface area contributed by atoms with Gasteiger partial charge in [0.15, 0.2) is 0 Å². The van der Waals surface area contributed by atoms with Crippen LogP contribution >= 0.6 is 0 Å². The Hall–Kier alpha value is -1.82. The average molecular weight is 455 g/mol. The van der Waals surface area contributed by atoms with Crippen LogP contribution in [0.3, 0.4) is 0 Å². The predicted molar refractivity (Wildman–Crippen MR) is 106 cm³/mol. The van der Waals surface area contributed by atoms with Crippen molar-refractivity contribution in [3.8, 4) is 0 Å². The van der Waals surface area contributed by atoms with Crippen molar-refractivity contribution in [2.45, 2.75) is 48.1 Å². The fourth-order valence-corrected chi connectivity index (χ4v) is 5.58. The summed E-state index contributed by atoms with van der Waals surface area (Å²) in [7, 11) is -8.04. The highest BCUT2D eigenvalue weighted by Gasteiger charge is 2.51. The van der Waals surface area contributed by atoms with Crippen LogP contribution in [0.25, 0.3) is 0 Å². The van der Waals surface area contributed by atoms with E-state index in [0.29, 0.717) is 0 Å². The maximum atomic E-state index is 12.6. The summed E-state index contributed by atoms with van der Waals surface area (Å²) in [6.07, 6.45) is -3.28. The summed E-state index contributed by atoms with van der Waals surface area (Å²) in [4.78, 5) is 0.0635. The van der Waals surface area contributed by atoms with Crippen LogP contribution < -0.4 is 0 Å². The largest absolute Gasteiger partial charge is 0.370 e. The van der Waals surface area contributed by atoms with Crippen molar-refractivity contribution >= 4 is 20.2 Å². The molecule has 0 aromatic heterocycles. The lowest BCUT2D eigenvalue weighted by molar-refractivity contribution is 0.0220. The van der Waals surface area contributed by atoms with E-state index in [1.807, 2.05) is 13.8 Å². The van der Waals surface area contributed by atoms with Gasteiger partial charge in [0.1, 0.15) is 24.4 Å². The van der Waals surface area contributed by atoms with Gasteiger partial charge in [-0.1, -0.05) is 35.4 Å². The lowest BCUT2D eigenvalue weighted by Gasteiger charge is -2.17. The zero-order chi connectivity index (χ0) is 21.5. The Balaban J connectivity index is 1.44. The van der Waals surface area contributed by atoms with E-state index in [-0.39, 0.29) is 23.0 Å². The highest BCUT2D eigenvalue weighted by Crippen LogP contribution is 2.33. The summed E-state index contributed by atoms with van der Waals surface area (Å²) >= 11 is 0. The third kappa shape index (κ3) is 4.29. The minimum Gasteiger partial charge on any atom is -0.370 e. The zero-order valence-corrected chi connectivity index (χ0v) is 18.1. The van der Waals surface area contributed by atoms with Gasteiger partial charge in [-0.25, -0.2) is 0 Å². The molecular weight excluding hydrogens is 432 g/mol. The number of hydrogen-bond donors (Lipinski definition) is 0. The molecule has 2 fully saturated rings. The minimum absolute atomic E-state index is 0.0318. The molecule has 162 valence electrons. The quantitative estimate of drug-likeness (QED) is 0.610. The fourth-order valence-electron chi connectivity index (χ4n) is 3.44. The first-order chi connectivity index (χ1) is 14.2. The fraction of sp³-hybridized carbons (Fsp3) is 0.400. The van der Waals surface area contributed by atoms with E-state index in [1.165, 1.54) is 24.3 Å². The van der Waals surface area contributed by atoms with Gasteiger partial charge in [0.25, 0.3) is 20.2 Å². The molecule has 30 heavy (non-hydrogen) atoms. The van der Waals surface area contributed by atoms with Gasteiger partial charge < -0.3 is 9.47 Å². The molecule has 0 saturated carbocycles. The second-order valence-electron chi connectivity index (χ2n) is 7.40. The van der Waals surface area contributed by atoms with E-state index in [1.54, 1.807) is 24.3 Å². The molecule has 0 unspecified atom stereocenters. The van der Waals surface area contributed by atoms with Crippen molar-refractivity contribution in [3.63, 3.8) is 0 Å². The topological polar surface area (TPSA) is 105 Å². The monoisotopic (exact) mass is 454 g/mol. The van der Waals surface area contributed by atoms with Crippen LogP contribution in [0.4, 0.5) is 0 Å². The summed E-state index contributed by atoms with van der Waals surface area (Å²) in [5, 5.41) is 0. The number of ether oxygens (including phenoxy) is 2.